The number of amides is 1. The number of ether oxygens (including phenoxy) is 1. The van der Waals surface area contributed by atoms with Gasteiger partial charge in [-0.15, -0.1) is 0 Å². The Kier molecular flexibility index (Phi) is 6.63. The molecule has 1 N–H and O–H groups in total. The second-order valence-corrected chi connectivity index (χ2v) is 9.64. The van der Waals surface area contributed by atoms with Crippen LogP contribution >= 0.6 is 31.9 Å². The SMILES string of the molecule is CC(C)(C)OC(=O)N[C@H](Cc1cc(F)cc(F)c1)c1nc(Br)c2c(c1Br)CCC2. The standard InChI is InChI=1S/C21H22Br2F2N2O2/c1-21(2,3)29-20(28)26-16(9-11-7-12(24)10-13(25)8-11)18-17(22)14-5-4-6-15(14)19(23)27-18/h7-8,10,16H,4-6,9H2,1-3H3,(H,26,28)/t16-/m1/s1. The minimum atomic E-state index is -0.678. The monoisotopic (exact) mass is 530 g/mol. The van der Waals surface area contributed by atoms with Crippen LogP contribution in [0, 0.1) is 11.6 Å². The number of fused-ring (bicyclic) bond motifs is 1. The Balaban J connectivity index is 1.99. The Labute approximate surface area is 185 Å². The zero-order valence-corrected chi connectivity index (χ0v) is 19.6. The summed E-state index contributed by atoms with van der Waals surface area (Å²) in [6.07, 6.45) is 2.39. The van der Waals surface area contributed by atoms with Gasteiger partial charge in [-0.1, -0.05) is 0 Å². The molecular weight excluding hydrogens is 510 g/mol. The van der Waals surface area contributed by atoms with Crippen LogP contribution in [0.2, 0.25) is 0 Å². The van der Waals surface area contributed by atoms with E-state index >= 15 is 0 Å². The molecule has 0 spiro atoms. The molecule has 0 fully saturated rings. The van der Waals surface area contributed by atoms with Crippen LogP contribution in [0.5, 0.6) is 0 Å². The van der Waals surface area contributed by atoms with Crippen LogP contribution in [0.1, 0.15) is 55.6 Å². The number of pyridine rings is 1. The van der Waals surface area contributed by atoms with Gasteiger partial charge in [-0.3, -0.25) is 0 Å². The number of hydrogen-bond donors (Lipinski definition) is 1. The van der Waals surface area contributed by atoms with E-state index in [1.165, 1.54) is 12.1 Å². The average molecular weight is 532 g/mol. The summed E-state index contributed by atoms with van der Waals surface area (Å²) in [6.45, 7) is 5.30. The van der Waals surface area contributed by atoms with Gasteiger partial charge in [-0.2, -0.15) is 0 Å². The molecule has 1 heterocycles. The largest absolute Gasteiger partial charge is 0.444 e. The molecule has 0 aliphatic heterocycles. The summed E-state index contributed by atoms with van der Waals surface area (Å²) in [5, 5.41) is 2.82. The van der Waals surface area contributed by atoms with Gasteiger partial charge in [-0.25, -0.2) is 18.6 Å². The van der Waals surface area contributed by atoms with Crippen molar-refractivity contribution in [1.29, 1.82) is 0 Å². The van der Waals surface area contributed by atoms with Crippen LogP contribution in [-0.2, 0) is 24.0 Å². The van der Waals surface area contributed by atoms with Gasteiger partial charge in [-0.05, 0) is 107 Å². The number of nitrogens with one attached hydrogen (secondary N) is 1. The van der Waals surface area contributed by atoms with E-state index in [1.807, 2.05) is 0 Å². The van der Waals surface area contributed by atoms with E-state index in [9.17, 15) is 13.6 Å². The second kappa shape index (κ2) is 8.68. The summed E-state index contributed by atoms with van der Waals surface area (Å²) in [5.41, 5.74) is 2.61. The highest BCUT2D eigenvalue weighted by Crippen LogP contribution is 2.38. The Morgan fingerprint density at radius 1 is 1.17 bits per heavy atom. The van der Waals surface area contributed by atoms with Crippen LogP contribution in [0.3, 0.4) is 0 Å². The van der Waals surface area contributed by atoms with E-state index in [0.717, 1.165) is 45.5 Å². The van der Waals surface area contributed by atoms with Crippen LogP contribution < -0.4 is 5.32 Å². The first kappa shape index (κ1) is 22.2. The Bertz CT molecular complexity index is 925. The van der Waals surface area contributed by atoms with E-state index in [2.05, 4.69) is 42.2 Å². The van der Waals surface area contributed by atoms with Gasteiger partial charge >= 0.3 is 6.09 Å². The normalized spacial score (nSPS) is 14.4. The molecule has 0 saturated heterocycles. The van der Waals surface area contributed by atoms with Gasteiger partial charge in [0.1, 0.15) is 21.8 Å². The molecule has 1 aliphatic carbocycles. The molecule has 0 bridgehead atoms. The van der Waals surface area contributed by atoms with Gasteiger partial charge in [0.15, 0.2) is 0 Å². The second-order valence-electron chi connectivity index (χ2n) is 8.09. The number of aromatic nitrogens is 1. The quantitative estimate of drug-likeness (QED) is 0.479. The van der Waals surface area contributed by atoms with Crippen molar-refractivity contribution in [2.24, 2.45) is 0 Å². The van der Waals surface area contributed by atoms with Crippen molar-refractivity contribution < 1.29 is 18.3 Å². The van der Waals surface area contributed by atoms with Crippen molar-refractivity contribution in [3.8, 4) is 0 Å². The Morgan fingerprint density at radius 3 is 2.41 bits per heavy atom. The van der Waals surface area contributed by atoms with E-state index in [-0.39, 0.29) is 6.42 Å². The van der Waals surface area contributed by atoms with Gasteiger partial charge in [0.2, 0.25) is 0 Å². The zero-order valence-electron chi connectivity index (χ0n) is 16.4. The van der Waals surface area contributed by atoms with E-state index < -0.39 is 29.4 Å². The lowest BCUT2D eigenvalue weighted by atomic mass is 10.0. The van der Waals surface area contributed by atoms with Crippen molar-refractivity contribution in [1.82, 2.24) is 10.3 Å². The molecule has 8 heteroatoms. The maximum Gasteiger partial charge on any atom is 0.408 e. The summed E-state index contributed by atoms with van der Waals surface area (Å²) < 4.78 is 34.3. The van der Waals surface area contributed by atoms with E-state index in [0.29, 0.717) is 11.3 Å². The molecule has 4 nitrogen and oxygen atoms in total. The van der Waals surface area contributed by atoms with Crippen molar-refractivity contribution in [2.75, 3.05) is 0 Å². The van der Waals surface area contributed by atoms with Gasteiger partial charge in [0, 0.05) is 10.5 Å². The van der Waals surface area contributed by atoms with Gasteiger partial charge in [0.05, 0.1) is 11.7 Å². The van der Waals surface area contributed by atoms with Crippen molar-refractivity contribution in [3.63, 3.8) is 0 Å². The molecule has 0 unspecified atom stereocenters. The number of carbonyl (C=O) groups is 1. The fraction of sp³-hybridized carbons (Fsp3) is 0.429. The maximum absolute atomic E-state index is 13.7. The Hall–Kier alpha value is -1.54. The summed E-state index contributed by atoms with van der Waals surface area (Å²) in [5.74, 6) is -1.34. The lowest BCUT2D eigenvalue weighted by Gasteiger charge is -2.25. The van der Waals surface area contributed by atoms with E-state index in [4.69, 9.17) is 4.74 Å². The van der Waals surface area contributed by atoms with Gasteiger partial charge < -0.3 is 10.1 Å². The first-order chi connectivity index (χ1) is 13.5. The predicted octanol–water partition coefficient (Wildman–Crippen LogP) is 6.18. The topological polar surface area (TPSA) is 51.2 Å². The number of hydrogen-bond acceptors (Lipinski definition) is 3. The third kappa shape index (κ3) is 5.54. The smallest absolute Gasteiger partial charge is 0.408 e. The molecule has 1 aliphatic rings. The number of carbonyl (C=O) groups excluding carboxylic acids is 1. The fourth-order valence-corrected chi connectivity index (χ4v) is 4.88. The summed E-state index contributed by atoms with van der Waals surface area (Å²) in [7, 11) is 0. The minimum absolute atomic E-state index is 0.157. The Morgan fingerprint density at radius 2 is 1.79 bits per heavy atom. The first-order valence-electron chi connectivity index (χ1n) is 9.34. The number of rotatable bonds is 4. The molecule has 29 heavy (non-hydrogen) atoms. The molecule has 3 rings (SSSR count). The predicted molar refractivity (Wildman–Crippen MR) is 114 cm³/mol. The lowest BCUT2D eigenvalue weighted by molar-refractivity contribution is 0.0502. The maximum atomic E-state index is 13.7. The summed E-state index contributed by atoms with van der Waals surface area (Å²) >= 11 is 7.17. The van der Waals surface area contributed by atoms with Crippen LogP contribution in [0.4, 0.5) is 13.6 Å². The number of halogens is 4. The molecule has 1 atom stereocenters. The molecule has 2 aromatic rings. The number of nitrogens with zero attached hydrogens (tertiary/aromatic N) is 1. The molecule has 0 saturated carbocycles. The zero-order chi connectivity index (χ0) is 21.3. The third-order valence-electron chi connectivity index (χ3n) is 4.56. The summed E-state index contributed by atoms with van der Waals surface area (Å²) in [6, 6.07) is 2.69. The van der Waals surface area contributed by atoms with Gasteiger partial charge in [0.25, 0.3) is 0 Å². The molecule has 1 aromatic carbocycles. The molecule has 1 amide bonds. The molecule has 156 valence electrons. The first-order valence-corrected chi connectivity index (χ1v) is 10.9. The highest BCUT2D eigenvalue weighted by atomic mass is 79.9. The number of benzene rings is 1. The van der Waals surface area contributed by atoms with Crippen molar-refractivity contribution in [2.45, 2.75) is 58.1 Å². The molecule has 0 radical (unpaired) electrons. The van der Waals surface area contributed by atoms with Crippen molar-refractivity contribution in [3.05, 3.63) is 61.3 Å². The highest BCUT2D eigenvalue weighted by Gasteiger charge is 2.28. The van der Waals surface area contributed by atoms with E-state index in [1.54, 1.807) is 20.8 Å². The molecular formula is C21H22Br2F2N2O2. The van der Waals surface area contributed by atoms with Crippen molar-refractivity contribution >= 4 is 38.0 Å². The minimum Gasteiger partial charge on any atom is -0.444 e. The number of alkyl carbamates (subject to hydrolysis) is 1. The lowest BCUT2D eigenvalue weighted by Crippen LogP contribution is -2.36. The van der Waals surface area contributed by atoms with Crippen LogP contribution in [0.25, 0.3) is 0 Å². The highest BCUT2D eigenvalue weighted by molar-refractivity contribution is 9.11. The van der Waals surface area contributed by atoms with Crippen LogP contribution in [0.15, 0.2) is 27.3 Å². The fourth-order valence-electron chi connectivity index (χ4n) is 3.45. The van der Waals surface area contributed by atoms with Crippen LogP contribution in [-0.4, -0.2) is 16.7 Å². The molecule has 1 aromatic heterocycles. The third-order valence-corrected chi connectivity index (χ3v) is 6.10. The summed E-state index contributed by atoms with van der Waals surface area (Å²) in [4.78, 5) is 17.1. The average Bonchev–Trinajstić information content (AvgIpc) is 3.05.